The molecule has 2 rings (SSSR count). The lowest BCUT2D eigenvalue weighted by molar-refractivity contribution is 0.298. The van der Waals surface area contributed by atoms with E-state index < -0.39 is 0 Å². The largest absolute Gasteiger partial charge is 0.396 e. The molecule has 0 bridgehead atoms. The zero-order valence-electron chi connectivity index (χ0n) is 8.57. The predicted molar refractivity (Wildman–Crippen MR) is 69.9 cm³/mol. The summed E-state index contributed by atoms with van der Waals surface area (Å²) in [5.41, 5.74) is 1.35. The number of benzene rings is 1. The van der Waals surface area contributed by atoms with E-state index in [9.17, 15) is 0 Å². The van der Waals surface area contributed by atoms with Crippen molar-refractivity contribution < 1.29 is 5.11 Å². The number of nitrogens with zero attached hydrogens (tertiary/aromatic N) is 3. The summed E-state index contributed by atoms with van der Waals surface area (Å²) >= 11 is 15.4. The molecule has 4 nitrogen and oxygen atoms in total. The summed E-state index contributed by atoms with van der Waals surface area (Å²) in [4.78, 5) is 0. The molecule has 0 fully saturated rings. The van der Waals surface area contributed by atoms with E-state index >= 15 is 0 Å². The van der Waals surface area contributed by atoms with Gasteiger partial charge in [-0.15, -0.1) is 5.10 Å². The molecular weight excluding hydrogens is 329 g/mol. The Hall–Kier alpha value is -0.620. The van der Waals surface area contributed by atoms with Crippen molar-refractivity contribution in [3.63, 3.8) is 0 Å². The molecular formula is C10H8BrCl2N3O. The second-order valence-electron chi connectivity index (χ2n) is 3.32. The molecule has 1 N–H and O–H groups in total. The van der Waals surface area contributed by atoms with E-state index in [2.05, 4.69) is 26.2 Å². The maximum atomic E-state index is 8.80. The molecule has 0 aliphatic rings. The third kappa shape index (κ3) is 2.63. The molecule has 0 radical (unpaired) electrons. The highest BCUT2D eigenvalue weighted by atomic mass is 79.9. The second kappa shape index (κ2) is 5.35. The second-order valence-corrected chi connectivity index (χ2v) is 4.93. The highest BCUT2D eigenvalue weighted by Gasteiger charge is 2.11. The summed E-state index contributed by atoms with van der Waals surface area (Å²) in [6.07, 6.45) is 2.17. The van der Waals surface area contributed by atoms with Crippen molar-refractivity contribution >= 4 is 39.1 Å². The first-order chi connectivity index (χ1) is 8.13. The first-order valence-corrected chi connectivity index (χ1v) is 6.34. The van der Waals surface area contributed by atoms with Crippen molar-refractivity contribution in [2.24, 2.45) is 0 Å². The van der Waals surface area contributed by atoms with Crippen molar-refractivity contribution in [2.45, 2.75) is 6.42 Å². The van der Waals surface area contributed by atoms with Gasteiger partial charge in [0.05, 0.1) is 27.6 Å². The van der Waals surface area contributed by atoms with Crippen LogP contribution in [-0.4, -0.2) is 26.7 Å². The van der Waals surface area contributed by atoms with Gasteiger partial charge >= 0.3 is 0 Å². The number of hydrogen-bond donors (Lipinski definition) is 1. The fourth-order valence-electron chi connectivity index (χ4n) is 1.34. The molecule has 0 atom stereocenters. The Balaban J connectivity index is 2.42. The van der Waals surface area contributed by atoms with Gasteiger partial charge in [-0.05, 0) is 28.1 Å². The lowest BCUT2D eigenvalue weighted by atomic mass is 10.3. The van der Waals surface area contributed by atoms with E-state index in [0.717, 1.165) is 4.47 Å². The van der Waals surface area contributed by atoms with Crippen LogP contribution in [0.5, 0.6) is 0 Å². The van der Waals surface area contributed by atoms with Gasteiger partial charge in [0.25, 0.3) is 0 Å². The van der Waals surface area contributed by atoms with E-state index in [1.165, 1.54) is 4.68 Å². The van der Waals surface area contributed by atoms with Crippen molar-refractivity contribution in [2.75, 3.05) is 6.61 Å². The molecule has 0 saturated heterocycles. The zero-order chi connectivity index (χ0) is 12.4. The van der Waals surface area contributed by atoms with Crippen molar-refractivity contribution in [1.29, 1.82) is 0 Å². The average molecular weight is 337 g/mol. The summed E-state index contributed by atoms with van der Waals surface area (Å²) in [5.74, 6) is 0. The van der Waals surface area contributed by atoms with Crippen LogP contribution in [0.15, 0.2) is 22.8 Å². The Morgan fingerprint density at radius 1 is 1.29 bits per heavy atom. The Kier molecular flexibility index (Phi) is 4.04. The van der Waals surface area contributed by atoms with Gasteiger partial charge in [-0.25, -0.2) is 4.68 Å². The van der Waals surface area contributed by atoms with Crippen LogP contribution in [0.3, 0.4) is 0 Å². The third-order valence-corrected chi connectivity index (χ3v) is 3.93. The molecule has 1 heterocycles. The van der Waals surface area contributed by atoms with E-state index in [1.807, 2.05) is 0 Å². The highest BCUT2D eigenvalue weighted by molar-refractivity contribution is 9.10. The molecule has 0 spiro atoms. The fourth-order valence-corrected chi connectivity index (χ4v) is 2.19. The summed E-state index contributed by atoms with van der Waals surface area (Å²) in [5, 5.41) is 17.5. The molecule has 0 unspecified atom stereocenters. The predicted octanol–water partition coefficient (Wildman–Crippen LogP) is 2.87. The maximum absolute atomic E-state index is 8.80. The molecule has 17 heavy (non-hydrogen) atoms. The average Bonchev–Trinajstić information content (AvgIpc) is 2.75. The van der Waals surface area contributed by atoms with Crippen LogP contribution in [0, 0.1) is 0 Å². The van der Waals surface area contributed by atoms with E-state index in [0.29, 0.717) is 27.8 Å². The number of aliphatic hydroxyl groups excluding tert-OH is 1. The molecule has 0 amide bonds. The minimum Gasteiger partial charge on any atom is -0.396 e. The molecule has 0 saturated carbocycles. The first-order valence-electron chi connectivity index (χ1n) is 4.79. The van der Waals surface area contributed by atoms with Gasteiger partial charge in [0, 0.05) is 17.5 Å². The van der Waals surface area contributed by atoms with Crippen LogP contribution < -0.4 is 0 Å². The van der Waals surface area contributed by atoms with Crippen LogP contribution >= 0.6 is 39.1 Å². The summed E-state index contributed by atoms with van der Waals surface area (Å²) in [6.45, 7) is 0.0352. The SMILES string of the molecule is OCCc1cn(-c2ccc(Br)c(Cl)c2Cl)nn1. The molecule has 90 valence electrons. The molecule has 1 aromatic heterocycles. The number of halogens is 3. The van der Waals surface area contributed by atoms with E-state index in [-0.39, 0.29) is 6.61 Å². The summed E-state index contributed by atoms with van der Waals surface area (Å²) in [6, 6.07) is 3.58. The van der Waals surface area contributed by atoms with E-state index in [1.54, 1.807) is 18.3 Å². The monoisotopic (exact) mass is 335 g/mol. The molecule has 0 aliphatic heterocycles. The quantitative estimate of drug-likeness (QED) is 0.877. The minimum atomic E-state index is 0.0352. The topological polar surface area (TPSA) is 50.9 Å². The molecule has 2 aromatic rings. The summed E-state index contributed by atoms with van der Waals surface area (Å²) < 4.78 is 2.26. The Labute approximate surface area is 116 Å². The van der Waals surface area contributed by atoms with Crippen LogP contribution in [0.1, 0.15) is 5.69 Å². The lowest BCUT2D eigenvalue weighted by Gasteiger charge is -2.06. The smallest absolute Gasteiger partial charge is 0.0865 e. The number of aromatic nitrogens is 3. The van der Waals surface area contributed by atoms with Gasteiger partial charge < -0.3 is 5.11 Å². The fraction of sp³-hybridized carbons (Fsp3) is 0.200. The standard InChI is InChI=1S/C10H8BrCl2N3O/c11-7-1-2-8(10(13)9(7)12)16-5-6(3-4-17)14-15-16/h1-2,5,17H,3-4H2. The van der Waals surface area contributed by atoms with Crippen molar-refractivity contribution in [3.8, 4) is 5.69 Å². The van der Waals surface area contributed by atoms with Crippen molar-refractivity contribution in [3.05, 3.63) is 38.5 Å². The van der Waals surface area contributed by atoms with E-state index in [4.69, 9.17) is 28.3 Å². The minimum absolute atomic E-state index is 0.0352. The van der Waals surface area contributed by atoms with Gasteiger partial charge in [-0.1, -0.05) is 28.4 Å². The number of rotatable bonds is 3. The van der Waals surface area contributed by atoms with Crippen LogP contribution in [0.4, 0.5) is 0 Å². The Bertz CT molecular complexity index is 544. The summed E-state index contributed by atoms with van der Waals surface area (Å²) in [7, 11) is 0. The van der Waals surface area contributed by atoms with Crippen LogP contribution in [-0.2, 0) is 6.42 Å². The maximum Gasteiger partial charge on any atom is 0.0865 e. The van der Waals surface area contributed by atoms with Crippen LogP contribution in [0.25, 0.3) is 5.69 Å². The molecule has 1 aromatic carbocycles. The number of hydrogen-bond acceptors (Lipinski definition) is 3. The molecule has 7 heteroatoms. The van der Waals surface area contributed by atoms with Gasteiger partial charge in [-0.3, -0.25) is 0 Å². The zero-order valence-corrected chi connectivity index (χ0v) is 11.7. The Morgan fingerprint density at radius 3 is 2.76 bits per heavy atom. The third-order valence-electron chi connectivity index (χ3n) is 2.17. The Morgan fingerprint density at radius 2 is 2.06 bits per heavy atom. The normalized spacial score (nSPS) is 10.8. The van der Waals surface area contributed by atoms with Gasteiger partial charge in [-0.2, -0.15) is 0 Å². The lowest BCUT2D eigenvalue weighted by Crippen LogP contribution is -1.96. The van der Waals surface area contributed by atoms with Gasteiger partial charge in [0.2, 0.25) is 0 Å². The number of aliphatic hydroxyl groups is 1. The molecule has 0 aliphatic carbocycles. The van der Waals surface area contributed by atoms with Gasteiger partial charge in [0.1, 0.15) is 0 Å². The van der Waals surface area contributed by atoms with Crippen LogP contribution in [0.2, 0.25) is 10.0 Å². The highest BCUT2D eigenvalue weighted by Crippen LogP contribution is 2.34. The van der Waals surface area contributed by atoms with Gasteiger partial charge in [0.15, 0.2) is 0 Å². The van der Waals surface area contributed by atoms with Crippen molar-refractivity contribution in [1.82, 2.24) is 15.0 Å². The first kappa shape index (κ1) is 12.8.